The summed E-state index contributed by atoms with van der Waals surface area (Å²) in [5.41, 5.74) is 0.940. The SMILES string of the molecule is O=C(NCc1cccnc1)C1CC1C(=O)NCc1ccco1. The van der Waals surface area contributed by atoms with Crippen molar-refractivity contribution in [1.82, 2.24) is 15.6 Å². The maximum absolute atomic E-state index is 12.0. The van der Waals surface area contributed by atoms with E-state index in [1.165, 1.54) is 0 Å². The predicted octanol–water partition coefficient (Wildman–Crippen LogP) is 1.24. The summed E-state index contributed by atoms with van der Waals surface area (Å²) in [6.07, 6.45) is 5.56. The van der Waals surface area contributed by atoms with Crippen LogP contribution >= 0.6 is 0 Å². The van der Waals surface area contributed by atoms with E-state index < -0.39 is 0 Å². The molecule has 114 valence electrons. The Kier molecular flexibility index (Phi) is 4.18. The van der Waals surface area contributed by atoms with Crippen LogP contribution in [0.15, 0.2) is 47.3 Å². The van der Waals surface area contributed by atoms with Gasteiger partial charge >= 0.3 is 0 Å². The predicted molar refractivity (Wildman–Crippen MR) is 78.2 cm³/mol. The molecule has 2 aromatic heterocycles. The fraction of sp³-hybridized carbons (Fsp3) is 0.312. The number of nitrogens with one attached hydrogen (secondary N) is 2. The number of carbonyl (C=O) groups excluding carboxylic acids is 2. The normalized spacial score (nSPS) is 19.5. The highest BCUT2D eigenvalue weighted by atomic mass is 16.3. The van der Waals surface area contributed by atoms with Crippen LogP contribution in [0.4, 0.5) is 0 Å². The number of carbonyl (C=O) groups is 2. The first-order chi connectivity index (χ1) is 10.7. The lowest BCUT2D eigenvalue weighted by molar-refractivity contribution is -0.127. The summed E-state index contributed by atoms with van der Waals surface area (Å²) in [7, 11) is 0. The van der Waals surface area contributed by atoms with E-state index in [9.17, 15) is 9.59 Å². The van der Waals surface area contributed by atoms with Crippen LogP contribution in [0.5, 0.6) is 0 Å². The molecule has 1 fully saturated rings. The number of aromatic nitrogens is 1. The van der Waals surface area contributed by atoms with E-state index in [1.54, 1.807) is 30.8 Å². The van der Waals surface area contributed by atoms with Crippen LogP contribution in [0.2, 0.25) is 0 Å². The highest BCUT2D eigenvalue weighted by Gasteiger charge is 2.47. The first-order valence-corrected chi connectivity index (χ1v) is 7.21. The van der Waals surface area contributed by atoms with Gasteiger partial charge in [-0.1, -0.05) is 6.07 Å². The molecular weight excluding hydrogens is 282 g/mol. The van der Waals surface area contributed by atoms with Gasteiger partial charge in [0, 0.05) is 18.9 Å². The lowest BCUT2D eigenvalue weighted by Crippen LogP contribution is -2.29. The van der Waals surface area contributed by atoms with Gasteiger partial charge in [-0.05, 0) is 30.2 Å². The van der Waals surface area contributed by atoms with Gasteiger partial charge in [0.15, 0.2) is 0 Å². The van der Waals surface area contributed by atoms with E-state index in [0.29, 0.717) is 25.3 Å². The monoisotopic (exact) mass is 299 g/mol. The van der Waals surface area contributed by atoms with Crippen molar-refractivity contribution in [3.05, 3.63) is 54.2 Å². The van der Waals surface area contributed by atoms with Gasteiger partial charge in [0.25, 0.3) is 0 Å². The standard InChI is InChI=1S/C16H17N3O3/c20-15(18-9-11-3-1-5-17-8-11)13-7-14(13)16(21)19-10-12-4-2-6-22-12/h1-6,8,13-14H,7,9-10H2,(H,18,20)(H,19,21). The van der Waals surface area contributed by atoms with Crippen LogP contribution in [0, 0.1) is 11.8 Å². The van der Waals surface area contributed by atoms with Gasteiger partial charge in [0.05, 0.1) is 24.6 Å². The Labute approximate surface area is 127 Å². The third-order valence-corrected chi connectivity index (χ3v) is 3.67. The van der Waals surface area contributed by atoms with Crippen molar-refractivity contribution in [2.24, 2.45) is 11.8 Å². The maximum Gasteiger partial charge on any atom is 0.224 e. The summed E-state index contributed by atoms with van der Waals surface area (Å²) in [6, 6.07) is 7.29. The second kappa shape index (κ2) is 6.43. The quantitative estimate of drug-likeness (QED) is 0.840. The molecule has 1 aliphatic rings. The number of nitrogens with zero attached hydrogens (tertiary/aromatic N) is 1. The molecule has 22 heavy (non-hydrogen) atoms. The molecule has 0 saturated heterocycles. The van der Waals surface area contributed by atoms with E-state index in [1.807, 2.05) is 12.1 Å². The molecule has 2 atom stereocenters. The summed E-state index contributed by atoms with van der Waals surface area (Å²) >= 11 is 0. The van der Waals surface area contributed by atoms with Gasteiger partial charge < -0.3 is 15.1 Å². The Morgan fingerprint density at radius 1 is 1.14 bits per heavy atom. The van der Waals surface area contributed by atoms with Gasteiger partial charge in [0.2, 0.25) is 11.8 Å². The minimum Gasteiger partial charge on any atom is -0.467 e. The van der Waals surface area contributed by atoms with Crippen molar-refractivity contribution in [3.8, 4) is 0 Å². The Bertz CT molecular complexity index is 640. The van der Waals surface area contributed by atoms with Crippen LogP contribution in [-0.4, -0.2) is 16.8 Å². The fourth-order valence-corrected chi connectivity index (χ4v) is 2.32. The van der Waals surface area contributed by atoms with Crippen LogP contribution < -0.4 is 10.6 Å². The summed E-state index contributed by atoms with van der Waals surface area (Å²) in [6.45, 7) is 0.788. The van der Waals surface area contributed by atoms with E-state index in [2.05, 4.69) is 15.6 Å². The molecule has 0 bridgehead atoms. The molecular formula is C16H17N3O3. The Balaban J connectivity index is 1.41. The first kappa shape index (κ1) is 14.3. The highest BCUT2D eigenvalue weighted by molar-refractivity contribution is 5.92. The van der Waals surface area contributed by atoms with Crippen molar-refractivity contribution >= 4 is 11.8 Å². The average Bonchev–Trinajstić information content (AvgIpc) is 3.19. The largest absolute Gasteiger partial charge is 0.467 e. The summed E-state index contributed by atoms with van der Waals surface area (Å²) < 4.78 is 5.15. The summed E-state index contributed by atoms with van der Waals surface area (Å²) in [5, 5.41) is 5.62. The maximum atomic E-state index is 12.0. The van der Waals surface area contributed by atoms with Crippen molar-refractivity contribution in [2.75, 3.05) is 0 Å². The third kappa shape index (κ3) is 3.52. The molecule has 3 rings (SSSR count). The van der Waals surface area contributed by atoms with Crippen molar-refractivity contribution in [2.45, 2.75) is 19.5 Å². The topological polar surface area (TPSA) is 84.2 Å². The minimum atomic E-state index is -0.233. The van der Waals surface area contributed by atoms with Crippen molar-refractivity contribution < 1.29 is 14.0 Å². The van der Waals surface area contributed by atoms with E-state index in [0.717, 1.165) is 5.56 Å². The second-order valence-corrected chi connectivity index (χ2v) is 5.32. The van der Waals surface area contributed by atoms with E-state index >= 15 is 0 Å². The molecule has 1 aliphatic carbocycles. The smallest absolute Gasteiger partial charge is 0.224 e. The molecule has 2 heterocycles. The lowest BCUT2D eigenvalue weighted by atomic mass is 10.2. The summed E-state index contributed by atoms with van der Waals surface area (Å²) in [4.78, 5) is 27.9. The van der Waals surface area contributed by atoms with Gasteiger partial charge in [-0.2, -0.15) is 0 Å². The zero-order chi connectivity index (χ0) is 15.4. The summed E-state index contributed by atoms with van der Waals surface area (Å²) in [5.74, 6) is 0.0589. The molecule has 0 aliphatic heterocycles. The fourth-order valence-electron chi connectivity index (χ4n) is 2.32. The van der Waals surface area contributed by atoms with Crippen molar-refractivity contribution in [3.63, 3.8) is 0 Å². The second-order valence-electron chi connectivity index (χ2n) is 5.32. The van der Waals surface area contributed by atoms with Crippen LogP contribution in [-0.2, 0) is 22.7 Å². The van der Waals surface area contributed by atoms with E-state index in [4.69, 9.17) is 4.42 Å². The minimum absolute atomic E-state index is 0.0815. The van der Waals surface area contributed by atoms with Crippen LogP contribution in [0.25, 0.3) is 0 Å². The molecule has 0 aromatic carbocycles. The number of furan rings is 1. The molecule has 0 spiro atoms. The van der Waals surface area contributed by atoms with Crippen LogP contribution in [0.1, 0.15) is 17.7 Å². The zero-order valence-corrected chi connectivity index (χ0v) is 12.0. The molecule has 2 N–H and O–H groups in total. The van der Waals surface area contributed by atoms with Gasteiger partial charge in [-0.15, -0.1) is 0 Å². The van der Waals surface area contributed by atoms with Crippen LogP contribution in [0.3, 0.4) is 0 Å². The Morgan fingerprint density at radius 2 is 1.91 bits per heavy atom. The lowest BCUT2D eigenvalue weighted by Gasteiger charge is -2.05. The molecule has 2 aromatic rings. The number of rotatable bonds is 6. The van der Waals surface area contributed by atoms with Gasteiger partial charge in [-0.3, -0.25) is 14.6 Å². The average molecular weight is 299 g/mol. The van der Waals surface area contributed by atoms with Gasteiger partial charge in [0.1, 0.15) is 5.76 Å². The number of pyridine rings is 1. The molecule has 6 heteroatoms. The highest BCUT2D eigenvalue weighted by Crippen LogP contribution is 2.38. The molecule has 2 unspecified atom stereocenters. The zero-order valence-electron chi connectivity index (χ0n) is 12.0. The molecule has 6 nitrogen and oxygen atoms in total. The third-order valence-electron chi connectivity index (χ3n) is 3.67. The number of amides is 2. The Hall–Kier alpha value is -2.63. The van der Waals surface area contributed by atoms with Crippen molar-refractivity contribution in [1.29, 1.82) is 0 Å². The molecule has 0 radical (unpaired) electrons. The number of hydrogen-bond acceptors (Lipinski definition) is 4. The molecule has 2 amide bonds. The first-order valence-electron chi connectivity index (χ1n) is 7.21. The molecule has 1 saturated carbocycles. The van der Waals surface area contributed by atoms with E-state index in [-0.39, 0.29) is 23.7 Å². The van der Waals surface area contributed by atoms with Gasteiger partial charge in [-0.25, -0.2) is 0 Å². The number of hydrogen-bond donors (Lipinski definition) is 2. The Morgan fingerprint density at radius 3 is 2.55 bits per heavy atom.